The first-order chi connectivity index (χ1) is 23.8. The van der Waals surface area contributed by atoms with Gasteiger partial charge in [-0.15, -0.1) is 11.3 Å². The highest BCUT2D eigenvalue weighted by molar-refractivity contribution is 7.25. The number of nitrogens with zero attached hydrogens (tertiary/aromatic N) is 2. The number of rotatable bonds is 5. The van der Waals surface area contributed by atoms with Crippen LogP contribution in [0, 0.1) is 0 Å². The van der Waals surface area contributed by atoms with Crippen molar-refractivity contribution in [3.8, 4) is 22.6 Å². The molecule has 0 radical (unpaired) electrons. The minimum Gasteiger partial charge on any atom is -0.454 e. The summed E-state index contributed by atoms with van der Waals surface area (Å²) in [5, 5.41) is 4.51. The topological polar surface area (TPSA) is 42.4 Å². The molecule has 4 nitrogen and oxygen atoms in total. The third-order valence-corrected chi connectivity index (χ3v) is 10.3. The van der Waals surface area contributed by atoms with Crippen molar-refractivity contribution in [2.45, 2.75) is 0 Å². The van der Waals surface area contributed by atoms with E-state index in [9.17, 15) is 0 Å². The van der Waals surface area contributed by atoms with Gasteiger partial charge in [0.2, 0.25) is 5.89 Å². The monoisotopic (exact) mass is 634 g/mol. The molecule has 0 saturated carbocycles. The van der Waals surface area contributed by atoms with Crippen molar-refractivity contribution in [2.75, 3.05) is 4.90 Å². The number of hydrogen-bond acceptors (Lipinski definition) is 5. The molecule has 0 aliphatic rings. The number of fused-ring (bicyclic) bond motifs is 7. The molecule has 48 heavy (non-hydrogen) atoms. The quantitative estimate of drug-likeness (QED) is 0.189. The van der Waals surface area contributed by atoms with E-state index in [4.69, 9.17) is 13.8 Å². The lowest BCUT2D eigenvalue weighted by molar-refractivity contribution is 0.620. The number of thiophene rings is 1. The molecule has 7 aromatic carbocycles. The average molecular weight is 635 g/mol. The van der Waals surface area contributed by atoms with E-state index >= 15 is 0 Å². The first kappa shape index (κ1) is 27.0. The van der Waals surface area contributed by atoms with Crippen molar-refractivity contribution in [1.29, 1.82) is 0 Å². The predicted octanol–water partition coefficient (Wildman–Crippen LogP) is 12.9. The average Bonchev–Trinajstić information content (AvgIpc) is 3.86. The summed E-state index contributed by atoms with van der Waals surface area (Å²) in [4.78, 5) is 7.15. The standard InChI is InChI=1S/C43H26N2O2S/c1-2-10-27(11-3-1)28-20-22-29(23-21-28)45(30-24-25-40-34(26-30)31-12-4-7-19-39(31)48-40)36-16-8-13-32-41-33(14-9-18-38(41)46-42(32)36)43-44-35-15-5-6-17-37(35)47-43/h1-26H. The molecule has 0 unspecified atom stereocenters. The van der Waals surface area contributed by atoms with Gasteiger partial charge in [0.1, 0.15) is 11.1 Å². The van der Waals surface area contributed by atoms with Crippen LogP contribution >= 0.6 is 11.3 Å². The molecule has 5 heteroatoms. The highest BCUT2D eigenvalue weighted by Gasteiger charge is 2.23. The third-order valence-electron chi connectivity index (χ3n) is 9.12. The lowest BCUT2D eigenvalue weighted by atomic mass is 10.0. The number of furan rings is 1. The Morgan fingerprint density at radius 2 is 1.21 bits per heavy atom. The van der Waals surface area contributed by atoms with Gasteiger partial charge in [-0.3, -0.25) is 0 Å². The molecule has 226 valence electrons. The summed E-state index contributed by atoms with van der Waals surface area (Å²) >= 11 is 1.83. The van der Waals surface area contributed by atoms with Crippen molar-refractivity contribution >= 4 is 81.6 Å². The third kappa shape index (κ3) is 4.25. The molecule has 0 fully saturated rings. The summed E-state index contributed by atoms with van der Waals surface area (Å²) in [6.07, 6.45) is 0. The number of para-hydroxylation sites is 3. The Kier molecular flexibility index (Phi) is 6.01. The maximum absolute atomic E-state index is 6.77. The number of hydrogen-bond donors (Lipinski definition) is 0. The Hall–Kier alpha value is -6.17. The number of oxazole rings is 1. The molecular formula is C43H26N2O2S. The van der Waals surface area contributed by atoms with Gasteiger partial charge in [0.25, 0.3) is 0 Å². The normalized spacial score (nSPS) is 11.8. The maximum atomic E-state index is 6.77. The van der Waals surface area contributed by atoms with E-state index in [1.807, 2.05) is 53.8 Å². The van der Waals surface area contributed by atoms with E-state index in [0.29, 0.717) is 5.89 Å². The summed E-state index contributed by atoms with van der Waals surface area (Å²) in [5.74, 6) is 0.582. The zero-order valence-corrected chi connectivity index (χ0v) is 26.4. The van der Waals surface area contributed by atoms with Crippen LogP contribution in [0.2, 0.25) is 0 Å². The summed E-state index contributed by atoms with van der Waals surface area (Å²) in [5.41, 5.74) is 9.51. The molecule has 3 aromatic heterocycles. The Morgan fingerprint density at radius 3 is 2.10 bits per heavy atom. The lowest BCUT2D eigenvalue weighted by Gasteiger charge is -2.26. The van der Waals surface area contributed by atoms with Gasteiger partial charge < -0.3 is 13.7 Å². The molecule has 0 aliphatic carbocycles. The fraction of sp³-hybridized carbons (Fsp3) is 0. The minimum absolute atomic E-state index is 0.582. The predicted molar refractivity (Wildman–Crippen MR) is 200 cm³/mol. The van der Waals surface area contributed by atoms with Gasteiger partial charge in [0, 0.05) is 47.9 Å². The van der Waals surface area contributed by atoms with E-state index < -0.39 is 0 Å². The van der Waals surface area contributed by atoms with Crippen LogP contribution in [0.3, 0.4) is 0 Å². The van der Waals surface area contributed by atoms with Gasteiger partial charge >= 0.3 is 0 Å². The zero-order chi connectivity index (χ0) is 31.6. The lowest BCUT2D eigenvalue weighted by Crippen LogP contribution is -2.10. The number of aromatic nitrogens is 1. The molecule has 0 aliphatic heterocycles. The molecule has 10 rings (SSSR count). The van der Waals surface area contributed by atoms with Crippen molar-refractivity contribution in [3.63, 3.8) is 0 Å². The second-order valence-electron chi connectivity index (χ2n) is 11.9. The van der Waals surface area contributed by atoms with Crippen molar-refractivity contribution in [2.24, 2.45) is 0 Å². The molecular weight excluding hydrogens is 609 g/mol. The van der Waals surface area contributed by atoms with Crippen LogP contribution in [0.5, 0.6) is 0 Å². The van der Waals surface area contributed by atoms with Gasteiger partial charge in [-0.1, -0.05) is 91.0 Å². The maximum Gasteiger partial charge on any atom is 0.228 e. The fourth-order valence-electron chi connectivity index (χ4n) is 6.89. The molecule has 0 amide bonds. The van der Waals surface area contributed by atoms with Crippen LogP contribution < -0.4 is 4.90 Å². The Labute approximate surface area is 279 Å². The van der Waals surface area contributed by atoms with Gasteiger partial charge in [-0.2, -0.15) is 0 Å². The highest BCUT2D eigenvalue weighted by atomic mass is 32.1. The molecule has 0 bridgehead atoms. The second kappa shape index (κ2) is 10.7. The summed E-state index contributed by atoms with van der Waals surface area (Å²) in [6.45, 7) is 0. The summed E-state index contributed by atoms with van der Waals surface area (Å²) in [7, 11) is 0. The second-order valence-corrected chi connectivity index (χ2v) is 13.0. The van der Waals surface area contributed by atoms with E-state index in [1.54, 1.807) is 0 Å². The largest absolute Gasteiger partial charge is 0.454 e. The van der Waals surface area contributed by atoms with Crippen molar-refractivity contribution < 1.29 is 8.83 Å². The molecule has 0 saturated heterocycles. The van der Waals surface area contributed by atoms with Crippen LogP contribution in [-0.4, -0.2) is 4.98 Å². The van der Waals surface area contributed by atoms with Gasteiger partial charge in [0.15, 0.2) is 11.2 Å². The van der Waals surface area contributed by atoms with Crippen LogP contribution in [0.15, 0.2) is 167 Å². The van der Waals surface area contributed by atoms with Crippen LogP contribution in [0.4, 0.5) is 17.1 Å². The van der Waals surface area contributed by atoms with E-state index in [0.717, 1.165) is 55.7 Å². The summed E-state index contributed by atoms with van der Waals surface area (Å²) < 4.78 is 15.6. The van der Waals surface area contributed by atoms with Crippen LogP contribution in [0.25, 0.3) is 75.8 Å². The molecule has 0 atom stereocenters. The SMILES string of the molecule is c1ccc(-c2ccc(N(c3ccc4sc5ccccc5c4c3)c3cccc4c3oc3cccc(-c5nc6ccccc6o5)c34)cc2)cc1. The number of anilines is 3. The van der Waals surface area contributed by atoms with E-state index in [2.05, 4.69) is 120 Å². The van der Waals surface area contributed by atoms with Gasteiger partial charge in [-0.05, 0) is 77.9 Å². The zero-order valence-electron chi connectivity index (χ0n) is 25.6. The highest BCUT2D eigenvalue weighted by Crippen LogP contribution is 2.46. The molecule has 10 aromatic rings. The minimum atomic E-state index is 0.582. The Balaban J connectivity index is 1.20. The van der Waals surface area contributed by atoms with Gasteiger partial charge in [0.05, 0.1) is 5.69 Å². The van der Waals surface area contributed by atoms with Crippen LogP contribution in [-0.2, 0) is 0 Å². The van der Waals surface area contributed by atoms with Crippen LogP contribution in [0.1, 0.15) is 0 Å². The van der Waals surface area contributed by atoms with E-state index in [1.165, 1.54) is 31.3 Å². The van der Waals surface area contributed by atoms with E-state index in [-0.39, 0.29) is 0 Å². The molecule has 0 spiro atoms. The smallest absolute Gasteiger partial charge is 0.228 e. The van der Waals surface area contributed by atoms with Gasteiger partial charge in [-0.25, -0.2) is 4.98 Å². The Morgan fingerprint density at radius 1 is 0.500 bits per heavy atom. The fourth-order valence-corrected chi connectivity index (χ4v) is 7.97. The molecule has 0 N–H and O–H groups in total. The van der Waals surface area contributed by atoms with Crippen molar-refractivity contribution in [3.05, 3.63) is 158 Å². The number of benzene rings is 7. The Bertz CT molecular complexity index is 2760. The first-order valence-corrected chi connectivity index (χ1v) is 16.8. The summed E-state index contributed by atoms with van der Waals surface area (Å²) in [6, 6.07) is 55.0. The molecule has 3 heterocycles. The first-order valence-electron chi connectivity index (χ1n) is 16.0. The van der Waals surface area contributed by atoms with Crippen molar-refractivity contribution in [1.82, 2.24) is 4.98 Å².